The second-order valence-electron chi connectivity index (χ2n) is 8.11. The van der Waals surface area contributed by atoms with Gasteiger partial charge in [0.25, 0.3) is 11.8 Å². The van der Waals surface area contributed by atoms with Crippen LogP contribution in [0.2, 0.25) is 0 Å². The van der Waals surface area contributed by atoms with Crippen LogP contribution in [-0.4, -0.2) is 23.5 Å². The van der Waals surface area contributed by atoms with Crippen LogP contribution < -0.4 is 16.0 Å². The topological polar surface area (TPSA) is 87.3 Å². The van der Waals surface area contributed by atoms with Gasteiger partial charge >= 0.3 is 0 Å². The Labute approximate surface area is 224 Å². The van der Waals surface area contributed by atoms with E-state index in [-0.39, 0.29) is 17.4 Å². The van der Waals surface area contributed by atoms with Crippen LogP contribution in [0.4, 0.5) is 15.8 Å². The molecule has 0 radical (unpaired) electrons. The first-order valence-electron chi connectivity index (χ1n) is 11.7. The molecule has 0 spiro atoms. The van der Waals surface area contributed by atoms with Crippen LogP contribution in [0.5, 0.6) is 0 Å². The zero-order valence-corrected chi connectivity index (χ0v) is 21.0. The highest BCUT2D eigenvalue weighted by atomic mass is 32.2. The fraction of sp³-hybridized carbons (Fsp3) is 0.0333. The van der Waals surface area contributed by atoms with Crippen molar-refractivity contribution in [1.82, 2.24) is 5.32 Å². The van der Waals surface area contributed by atoms with Gasteiger partial charge in [0, 0.05) is 21.8 Å². The summed E-state index contributed by atoms with van der Waals surface area (Å²) >= 11 is 1.33. The molecule has 0 atom stereocenters. The van der Waals surface area contributed by atoms with Gasteiger partial charge in [-0.3, -0.25) is 14.4 Å². The summed E-state index contributed by atoms with van der Waals surface area (Å²) in [6.07, 6.45) is 1.47. The van der Waals surface area contributed by atoms with E-state index in [1.807, 2.05) is 36.4 Å². The summed E-state index contributed by atoms with van der Waals surface area (Å²) < 4.78 is 13.4. The molecule has 0 aliphatic heterocycles. The lowest BCUT2D eigenvalue weighted by Crippen LogP contribution is -2.30. The highest BCUT2D eigenvalue weighted by molar-refractivity contribution is 8.00. The van der Waals surface area contributed by atoms with E-state index in [2.05, 4.69) is 16.0 Å². The van der Waals surface area contributed by atoms with Gasteiger partial charge in [-0.05, 0) is 66.2 Å². The first kappa shape index (κ1) is 26.4. The summed E-state index contributed by atoms with van der Waals surface area (Å²) in [5.41, 5.74) is 2.13. The van der Waals surface area contributed by atoms with E-state index in [4.69, 9.17) is 0 Å². The van der Waals surface area contributed by atoms with Crippen LogP contribution >= 0.6 is 11.8 Å². The van der Waals surface area contributed by atoms with Gasteiger partial charge in [0.05, 0.1) is 5.75 Å². The van der Waals surface area contributed by atoms with Gasteiger partial charge in [-0.15, -0.1) is 11.8 Å². The van der Waals surface area contributed by atoms with Crippen molar-refractivity contribution < 1.29 is 18.8 Å². The molecular weight excluding hydrogens is 501 g/mol. The molecule has 0 saturated heterocycles. The van der Waals surface area contributed by atoms with Gasteiger partial charge in [0.15, 0.2) is 0 Å². The van der Waals surface area contributed by atoms with E-state index in [1.54, 1.807) is 48.5 Å². The molecule has 0 unspecified atom stereocenters. The molecule has 8 heteroatoms. The summed E-state index contributed by atoms with van der Waals surface area (Å²) in [5, 5.41) is 8.27. The van der Waals surface area contributed by atoms with E-state index in [0.717, 1.165) is 10.6 Å². The second kappa shape index (κ2) is 13.0. The summed E-state index contributed by atoms with van der Waals surface area (Å²) in [4.78, 5) is 39.0. The predicted octanol–water partition coefficient (Wildman–Crippen LogP) is 5.97. The summed E-state index contributed by atoms with van der Waals surface area (Å²) in [7, 11) is 0. The number of rotatable bonds is 9. The number of halogens is 1. The molecule has 6 nitrogen and oxygen atoms in total. The number of nitrogens with one attached hydrogen (secondary N) is 3. The average molecular weight is 526 g/mol. The van der Waals surface area contributed by atoms with Gasteiger partial charge in [-0.25, -0.2) is 4.39 Å². The highest BCUT2D eigenvalue weighted by Crippen LogP contribution is 2.22. The molecular formula is C30H24FN3O3S. The van der Waals surface area contributed by atoms with Crippen molar-refractivity contribution in [3.05, 3.63) is 132 Å². The molecule has 4 rings (SSSR count). The number of benzene rings is 4. The number of para-hydroxylation sites is 1. The summed E-state index contributed by atoms with van der Waals surface area (Å²) in [6.45, 7) is 0. The summed E-state index contributed by atoms with van der Waals surface area (Å²) in [5.74, 6) is -1.38. The van der Waals surface area contributed by atoms with E-state index < -0.39 is 17.6 Å². The number of hydrogen-bond acceptors (Lipinski definition) is 4. The Morgan fingerprint density at radius 2 is 1.39 bits per heavy atom. The summed E-state index contributed by atoms with van der Waals surface area (Å²) in [6, 6.07) is 30.3. The lowest BCUT2D eigenvalue weighted by atomic mass is 10.1. The van der Waals surface area contributed by atoms with Gasteiger partial charge in [-0.2, -0.15) is 0 Å². The maximum absolute atomic E-state index is 13.4. The first-order valence-corrected chi connectivity index (χ1v) is 12.7. The molecule has 0 bridgehead atoms. The van der Waals surface area contributed by atoms with Crippen molar-refractivity contribution in [2.75, 3.05) is 16.4 Å². The van der Waals surface area contributed by atoms with Gasteiger partial charge in [0.2, 0.25) is 5.91 Å². The fourth-order valence-electron chi connectivity index (χ4n) is 3.40. The number of anilines is 2. The minimum absolute atomic E-state index is 0.00856. The van der Waals surface area contributed by atoms with Crippen LogP contribution in [0.15, 0.2) is 120 Å². The smallest absolute Gasteiger partial charge is 0.272 e. The Morgan fingerprint density at radius 1 is 0.737 bits per heavy atom. The molecule has 0 saturated carbocycles. The van der Waals surface area contributed by atoms with Crippen LogP contribution in [-0.2, 0) is 9.59 Å². The number of carbonyl (C=O) groups is 3. The molecule has 38 heavy (non-hydrogen) atoms. The normalized spacial score (nSPS) is 10.9. The van der Waals surface area contributed by atoms with Crippen molar-refractivity contribution >= 4 is 46.9 Å². The minimum Gasteiger partial charge on any atom is -0.325 e. The third-order valence-electron chi connectivity index (χ3n) is 5.23. The standard InChI is InChI=1S/C30H24FN3O3S/c31-23-16-14-21(15-17-23)18-27(34-29(36)22-8-3-1-4-9-22)30(37)33-25-12-7-13-26(19-25)38-20-28(35)32-24-10-5-2-6-11-24/h1-19H,20H2,(H,32,35)(H,33,37)(H,34,36)/b27-18-. The molecule has 190 valence electrons. The quantitative estimate of drug-likeness (QED) is 0.186. The number of amides is 3. The van der Waals surface area contributed by atoms with E-state index in [0.29, 0.717) is 16.8 Å². The van der Waals surface area contributed by atoms with Crippen molar-refractivity contribution in [3.8, 4) is 0 Å². The number of carbonyl (C=O) groups excluding carboxylic acids is 3. The number of thioether (sulfide) groups is 1. The zero-order chi connectivity index (χ0) is 26.7. The van der Waals surface area contributed by atoms with Crippen LogP contribution in [0.3, 0.4) is 0 Å². The molecule has 0 aliphatic rings. The molecule has 4 aromatic rings. The minimum atomic E-state index is -0.553. The highest BCUT2D eigenvalue weighted by Gasteiger charge is 2.15. The van der Waals surface area contributed by atoms with E-state index >= 15 is 0 Å². The monoisotopic (exact) mass is 525 g/mol. The lowest BCUT2D eigenvalue weighted by Gasteiger charge is -2.12. The fourth-order valence-corrected chi connectivity index (χ4v) is 4.15. The SMILES string of the molecule is O=C(CSc1cccc(NC(=O)/C(=C/c2ccc(F)cc2)NC(=O)c2ccccc2)c1)Nc1ccccc1. The van der Waals surface area contributed by atoms with Gasteiger partial charge in [-0.1, -0.05) is 54.6 Å². The van der Waals surface area contributed by atoms with E-state index in [9.17, 15) is 18.8 Å². The molecule has 4 aromatic carbocycles. The van der Waals surface area contributed by atoms with Crippen LogP contribution in [0.25, 0.3) is 6.08 Å². The van der Waals surface area contributed by atoms with Crippen molar-refractivity contribution in [1.29, 1.82) is 0 Å². The van der Waals surface area contributed by atoms with Crippen molar-refractivity contribution in [2.24, 2.45) is 0 Å². The Hall–Kier alpha value is -4.69. The van der Waals surface area contributed by atoms with Crippen LogP contribution in [0.1, 0.15) is 15.9 Å². The van der Waals surface area contributed by atoms with E-state index in [1.165, 1.54) is 42.1 Å². The lowest BCUT2D eigenvalue weighted by molar-refractivity contribution is -0.114. The Bertz CT molecular complexity index is 1440. The third kappa shape index (κ3) is 7.91. The molecule has 0 aliphatic carbocycles. The molecule has 3 amide bonds. The zero-order valence-electron chi connectivity index (χ0n) is 20.2. The Morgan fingerprint density at radius 3 is 2.11 bits per heavy atom. The third-order valence-corrected chi connectivity index (χ3v) is 6.22. The molecule has 0 aromatic heterocycles. The molecule has 3 N–H and O–H groups in total. The average Bonchev–Trinajstić information content (AvgIpc) is 2.94. The molecule has 0 fully saturated rings. The first-order chi connectivity index (χ1) is 18.5. The molecule has 0 heterocycles. The maximum atomic E-state index is 13.4. The van der Waals surface area contributed by atoms with Crippen LogP contribution in [0, 0.1) is 5.82 Å². The van der Waals surface area contributed by atoms with Gasteiger partial charge in [0.1, 0.15) is 11.5 Å². The predicted molar refractivity (Wildman–Crippen MR) is 149 cm³/mol. The largest absolute Gasteiger partial charge is 0.325 e. The maximum Gasteiger partial charge on any atom is 0.272 e. The number of hydrogen-bond donors (Lipinski definition) is 3. The Balaban J connectivity index is 1.45. The second-order valence-corrected chi connectivity index (χ2v) is 9.16. The Kier molecular flexibility index (Phi) is 9.04. The van der Waals surface area contributed by atoms with Crippen molar-refractivity contribution in [2.45, 2.75) is 4.90 Å². The van der Waals surface area contributed by atoms with Crippen molar-refractivity contribution in [3.63, 3.8) is 0 Å². The van der Waals surface area contributed by atoms with Gasteiger partial charge < -0.3 is 16.0 Å².